The smallest absolute Gasteiger partial charge is 0.359 e. The summed E-state index contributed by atoms with van der Waals surface area (Å²) in [5.74, 6) is -2.82. The molecular weight excluding hydrogens is 238 g/mol. The van der Waals surface area contributed by atoms with Gasteiger partial charge in [0.1, 0.15) is 0 Å². The molecule has 0 bridgehead atoms. The van der Waals surface area contributed by atoms with Crippen molar-refractivity contribution >= 4 is 11.9 Å². The molecule has 2 aromatic rings. The van der Waals surface area contributed by atoms with Gasteiger partial charge in [0.25, 0.3) is 0 Å². The van der Waals surface area contributed by atoms with Gasteiger partial charge in [0, 0.05) is 0 Å². The quantitative estimate of drug-likeness (QED) is 0.837. The summed E-state index contributed by atoms with van der Waals surface area (Å²) in [5.41, 5.74) is 0.390. The van der Waals surface area contributed by atoms with E-state index in [9.17, 15) is 9.59 Å². The number of aryl methyl sites for hydroxylation is 1. The number of carboxylic acids is 2. The van der Waals surface area contributed by atoms with Crippen LogP contribution in [-0.2, 0) is 0 Å². The zero-order chi connectivity index (χ0) is 13.3. The number of hydrogen-bond donors (Lipinski definition) is 2. The fourth-order valence-corrected chi connectivity index (χ4v) is 1.48. The van der Waals surface area contributed by atoms with Crippen molar-refractivity contribution in [2.75, 3.05) is 0 Å². The first kappa shape index (κ1) is 11.8. The number of hydrogen-bond acceptors (Lipinski definition) is 4. The molecule has 1 aromatic carbocycles. The van der Waals surface area contributed by atoms with Gasteiger partial charge in [-0.15, -0.1) is 5.10 Å². The number of carboxylic acid groups (broad SMARTS) is 2. The molecule has 0 amide bonds. The van der Waals surface area contributed by atoms with Gasteiger partial charge in [-0.05, 0) is 19.1 Å². The molecule has 2 rings (SSSR count). The topological polar surface area (TPSA) is 105 Å². The van der Waals surface area contributed by atoms with Gasteiger partial charge in [0.05, 0.1) is 5.69 Å². The fourth-order valence-electron chi connectivity index (χ4n) is 1.48. The monoisotopic (exact) mass is 247 g/mol. The molecule has 0 saturated heterocycles. The summed E-state index contributed by atoms with van der Waals surface area (Å²) in [7, 11) is 0. The van der Waals surface area contributed by atoms with Crippen molar-refractivity contribution in [3.63, 3.8) is 0 Å². The van der Waals surface area contributed by atoms with Gasteiger partial charge >= 0.3 is 11.9 Å². The minimum absolute atomic E-state index is 0.443. The van der Waals surface area contributed by atoms with Gasteiger partial charge in [-0.2, -0.15) is 0 Å². The first-order valence-electron chi connectivity index (χ1n) is 5.00. The van der Waals surface area contributed by atoms with Crippen molar-refractivity contribution in [3.8, 4) is 5.69 Å². The lowest BCUT2D eigenvalue weighted by atomic mass is 10.2. The minimum atomic E-state index is -1.43. The summed E-state index contributed by atoms with van der Waals surface area (Å²) in [6, 6.07) is 6.82. The highest BCUT2D eigenvalue weighted by Gasteiger charge is 2.25. The normalized spacial score (nSPS) is 10.3. The Labute approximate surface area is 101 Å². The first-order chi connectivity index (χ1) is 8.50. The van der Waals surface area contributed by atoms with Gasteiger partial charge in [-0.25, -0.2) is 14.3 Å². The van der Waals surface area contributed by atoms with Crippen LogP contribution < -0.4 is 0 Å². The second-order valence-corrected chi connectivity index (χ2v) is 3.64. The average molecular weight is 247 g/mol. The maximum atomic E-state index is 11.1. The Morgan fingerprint density at radius 1 is 1.11 bits per heavy atom. The molecule has 0 aliphatic rings. The third-order valence-corrected chi connectivity index (χ3v) is 2.35. The predicted octanol–water partition coefficient (Wildman–Crippen LogP) is 0.972. The summed E-state index contributed by atoms with van der Waals surface area (Å²) in [6.45, 7) is 1.88. The molecule has 0 radical (unpaired) electrons. The van der Waals surface area contributed by atoms with Crippen LogP contribution in [0.1, 0.15) is 26.5 Å². The second-order valence-electron chi connectivity index (χ2n) is 3.64. The van der Waals surface area contributed by atoms with E-state index in [0.717, 1.165) is 10.2 Å². The Balaban J connectivity index is 2.61. The largest absolute Gasteiger partial charge is 0.476 e. The summed E-state index contributed by atoms with van der Waals surface area (Å²) in [5, 5.41) is 24.8. The van der Waals surface area contributed by atoms with Crippen LogP contribution in [0.15, 0.2) is 24.3 Å². The van der Waals surface area contributed by atoms with Crippen molar-refractivity contribution in [2.24, 2.45) is 0 Å². The number of aromatic nitrogens is 3. The number of benzene rings is 1. The van der Waals surface area contributed by atoms with Gasteiger partial charge < -0.3 is 10.2 Å². The molecule has 92 valence electrons. The lowest BCUT2D eigenvalue weighted by molar-refractivity contribution is 0.0642. The molecule has 7 nitrogen and oxygen atoms in total. The Morgan fingerprint density at radius 3 is 2.22 bits per heavy atom. The highest BCUT2D eigenvalue weighted by molar-refractivity contribution is 5.99. The van der Waals surface area contributed by atoms with E-state index in [1.165, 1.54) is 0 Å². The Bertz CT molecular complexity index is 616. The third-order valence-electron chi connectivity index (χ3n) is 2.35. The number of aromatic carboxylic acids is 2. The number of rotatable bonds is 3. The second kappa shape index (κ2) is 4.28. The maximum absolute atomic E-state index is 11.1. The van der Waals surface area contributed by atoms with Crippen molar-refractivity contribution in [3.05, 3.63) is 41.2 Å². The molecule has 7 heteroatoms. The van der Waals surface area contributed by atoms with Gasteiger partial charge in [0.15, 0.2) is 5.69 Å². The van der Waals surface area contributed by atoms with Crippen molar-refractivity contribution in [1.82, 2.24) is 15.0 Å². The van der Waals surface area contributed by atoms with Crippen LogP contribution in [0, 0.1) is 6.92 Å². The molecule has 0 atom stereocenters. The molecule has 0 fully saturated rings. The van der Waals surface area contributed by atoms with Gasteiger partial charge in [-0.1, -0.05) is 22.9 Å². The van der Waals surface area contributed by atoms with Crippen molar-refractivity contribution in [2.45, 2.75) is 6.92 Å². The summed E-state index contributed by atoms with van der Waals surface area (Å²) >= 11 is 0. The first-order valence-corrected chi connectivity index (χ1v) is 5.00. The van der Waals surface area contributed by atoms with E-state index in [0.29, 0.717) is 5.69 Å². The van der Waals surface area contributed by atoms with Gasteiger partial charge in [0.2, 0.25) is 5.69 Å². The van der Waals surface area contributed by atoms with Crippen LogP contribution in [0.5, 0.6) is 0 Å². The molecule has 0 unspecified atom stereocenters. The lowest BCUT2D eigenvalue weighted by Crippen LogP contribution is -2.12. The van der Waals surface area contributed by atoms with E-state index < -0.39 is 23.3 Å². The van der Waals surface area contributed by atoms with Crippen LogP contribution in [0.25, 0.3) is 5.69 Å². The fraction of sp³-hybridized carbons (Fsp3) is 0.0909. The molecule has 2 N–H and O–H groups in total. The number of nitrogens with zero attached hydrogens (tertiary/aromatic N) is 3. The summed E-state index contributed by atoms with van der Waals surface area (Å²) in [4.78, 5) is 21.9. The Morgan fingerprint density at radius 2 is 1.72 bits per heavy atom. The van der Waals surface area contributed by atoms with E-state index >= 15 is 0 Å². The van der Waals surface area contributed by atoms with Crippen LogP contribution >= 0.6 is 0 Å². The van der Waals surface area contributed by atoms with Crippen LogP contribution in [-0.4, -0.2) is 37.1 Å². The summed E-state index contributed by atoms with van der Waals surface area (Å²) < 4.78 is 0.991. The molecule has 0 aliphatic heterocycles. The molecule has 1 heterocycles. The Kier molecular flexibility index (Phi) is 2.80. The Hall–Kier alpha value is -2.70. The zero-order valence-electron chi connectivity index (χ0n) is 9.36. The molecule has 0 aliphatic carbocycles. The molecular formula is C11H9N3O4. The summed E-state index contributed by atoms with van der Waals surface area (Å²) in [6.07, 6.45) is 0. The molecule has 18 heavy (non-hydrogen) atoms. The molecule has 0 spiro atoms. The maximum Gasteiger partial charge on any atom is 0.359 e. The van der Waals surface area contributed by atoms with Gasteiger partial charge in [-0.3, -0.25) is 0 Å². The van der Waals surface area contributed by atoms with Crippen molar-refractivity contribution in [1.29, 1.82) is 0 Å². The van der Waals surface area contributed by atoms with Crippen molar-refractivity contribution < 1.29 is 19.8 Å². The van der Waals surface area contributed by atoms with E-state index in [1.54, 1.807) is 24.3 Å². The number of carbonyl (C=O) groups is 2. The van der Waals surface area contributed by atoms with E-state index in [2.05, 4.69) is 10.3 Å². The SMILES string of the molecule is Cc1ccc(-n2nnc(C(=O)O)c2C(=O)O)cc1. The molecule has 1 aromatic heterocycles. The third kappa shape index (κ3) is 1.93. The average Bonchev–Trinajstić information content (AvgIpc) is 2.74. The van der Waals surface area contributed by atoms with Crippen LogP contribution in [0.4, 0.5) is 0 Å². The standard InChI is InChI=1S/C11H9N3O4/c1-6-2-4-7(5-3-6)14-9(11(17)18)8(10(15)16)12-13-14/h2-5H,1H3,(H,15,16)(H,17,18). The van der Waals surface area contributed by atoms with E-state index in [-0.39, 0.29) is 0 Å². The predicted molar refractivity (Wildman–Crippen MR) is 60.0 cm³/mol. The highest BCUT2D eigenvalue weighted by atomic mass is 16.4. The van der Waals surface area contributed by atoms with E-state index in [1.807, 2.05) is 6.92 Å². The highest BCUT2D eigenvalue weighted by Crippen LogP contribution is 2.14. The van der Waals surface area contributed by atoms with Crippen LogP contribution in [0.2, 0.25) is 0 Å². The minimum Gasteiger partial charge on any atom is -0.476 e. The lowest BCUT2D eigenvalue weighted by Gasteiger charge is -2.03. The molecule has 0 saturated carbocycles. The van der Waals surface area contributed by atoms with Crippen LogP contribution in [0.3, 0.4) is 0 Å². The van der Waals surface area contributed by atoms with E-state index in [4.69, 9.17) is 10.2 Å². The zero-order valence-corrected chi connectivity index (χ0v) is 9.36.